The summed E-state index contributed by atoms with van der Waals surface area (Å²) >= 11 is 0. The molecule has 0 aromatic rings. The maximum atomic E-state index is 11.7. The Labute approximate surface area is 150 Å². The number of allylic oxidation sites excluding steroid dienone is 1. The molecule has 146 valence electrons. The maximum absolute atomic E-state index is 11.7. The normalized spacial score (nSPS) is 12.9. The smallest absolute Gasteiger partial charge is 0.332 e. The molecule has 7 nitrogen and oxygen atoms in total. The van der Waals surface area contributed by atoms with Crippen LogP contribution in [0.5, 0.6) is 0 Å². The molecular weight excluding hydrogens is 348 g/mol. The zero-order chi connectivity index (χ0) is 19.1. The fourth-order valence-electron chi connectivity index (χ4n) is 2.15. The summed E-state index contributed by atoms with van der Waals surface area (Å²) in [5.41, 5.74) is 0. The van der Waals surface area contributed by atoms with Gasteiger partial charge in [0.05, 0.1) is 19.3 Å². The molecule has 0 rings (SSSR count). The first-order valence-corrected chi connectivity index (χ1v) is 10.3. The number of esters is 2. The molecule has 0 heterocycles. The van der Waals surface area contributed by atoms with Gasteiger partial charge in [-0.15, -0.1) is 0 Å². The number of unbranched alkanes of at least 4 members (excludes halogenated alkanes) is 7. The van der Waals surface area contributed by atoms with Gasteiger partial charge in [0.15, 0.2) is 5.25 Å². The fraction of sp³-hybridized carbons (Fsp3) is 0.765. The molecule has 0 aliphatic heterocycles. The molecule has 0 spiro atoms. The van der Waals surface area contributed by atoms with Crippen molar-refractivity contribution in [3.05, 3.63) is 12.3 Å². The van der Waals surface area contributed by atoms with E-state index in [9.17, 15) is 18.0 Å². The Morgan fingerprint density at radius 1 is 1.04 bits per heavy atom. The molecule has 25 heavy (non-hydrogen) atoms. The Morgan fingerprint density at radius 2 is 1.60 bits per heavy atom. The molecule has 0 aromatic heterocycles. The second-order valence-corrected chi connectivity index (χ2v) is 7.41. The lowest BCUT2D eigenvalue weighted by molar-refractivity contribution is -0.147. The number of hydrogen-bond donors (Lipinski definition) is 1. The van der Waals surface area contributed by atoms with Crippen molar-refractivity contribution >= 4 is 22.1 Å². The molecular formula is C17H30O7S. The van der Waals surface area contributed by atoms with Crippen molar-refractivity contribution in [2.45, 2.75) is 76.9 Å². The minimum absolute atomic E-state index is 0.163. The molecule has 0 aliphatic carbocycles. The molecule has 1 atom stereocenters. The van der Waals surface area contributed by atoms with E-state index in [1.807, 2.05) is 0 Å². The second kappa shape index (κ2) is 13.8. The minimum Gasteiger partial charge on any atom is -0.466 e. The summed E-state index contributed by atoms with van der Waals surface area (Å²) < 4.78 is 40.9. The lowest BCUT2D eigenvalue weighted by Crippen LogP contribution is -2.33. The molecule has 0 saturated heterocycles. The van der Waals surface area contributed by atoms with Crippen LogP contribution in [0.25, 0.3) is 0 Å². The van der Waals surface area contributed by atoms with Crippen LogP contribution in [0.3, 0.4) is 0 Å². The Balaban J connectivity index is 4.06. The quantitative estimate of drug-likeness (QED) is 0.214. The van der Waals surface area contributed by atoms with Crippen LogP contribution in [0.1, 0.15) is 71.6 Å². The molecule has 0 aromatic carbocycles. The molecule has 1 unspecified atom stereocenters. The van der Waals surface area contributed by atoms with Gasteiger partial charge >= 0.3 is 11.9 Å². The summed E-state index contributed by atoms with van der Waals surface area (Å²) in [4.78, 5) is 23.2. The maximum Gasteiger partial charge on any atom is 0.332 e. The number of rotatable bonds is 14. The molecule has 0 bridgehead atoms. The van der Waals surface area contributed by atoms with Crippen LogP contribution < -0.4 is 0 Å². The summed E-state index contributed by atoms with van der Waals surface area (Å²) in [6, 6.07) is 0. The standard InChI is InChI=1S/C17H30O7S/c1-3-5-6-7-8-9-10-11-13-23-16(18)14-15(25(20,21)22)17(19)24-12-4-2/h4,12,15H,3,5-11,13-14H2,1-2H3,(H,20,21,22)/b12-4+. The van der Waals surface area contributed by atoms with Crippen molar-refractivity contribution in [1.29, 1.82) is 0 Å². The van der Waals surface area contributed by atoms with Crippen LogP contribution in [0, 0.1) is 0 Å². The number of hydrogen-bond acceptors (Lipinski definition) is 6. The van der Waals surface area contributed by atoms with Gasteiger partial charge in [-0.3, -0.25) is 14.1 Å². The predicted octanol–water partition coefficient (Wildman–Crippen LogP) is 3.39. The van der Waals surface area contributed by atoms with Gasteiger partial charge in [-0.05, 0) is 13.3 Å². The van der Waals surface area contributed by atoms with Crippen LogP contribution >= 0.6 is 0 Å². The van der Waals surface area contributed by atoms with Gasteiger partial charge in [0.1, 0.15) is 0 Å². The van der Waals surface area contributed by atoms with Gasteiger partial charge in [0, 0.05) is 0 Å². The van der Waals surface area contributed by atoms with E-state index in [-0.39, 0.29) is 6.61 Å². The molecule has 0 radical (unpaired) electrons. The van der Waals surface area contributed by atoms with Gasteiger partial charge in [0.25, 0.3) is 10.1 Å². The average molecular weight is 378 g/mol. The van der Waals surface area contributed by atoms with E-state index in [1.165, 1.54) is 31.8 Å². The Morgan fingerprint density at radius 3 is 2.12 bits per heavy atom. The van der Waals surface area contributed by atoms with Crippen LogP contribution in [-0.2, 0) is 29.2 Å². The third-order valence-electron chi connectivity index (χ3n) is 3.56. The summed E-state index contributed by atoms with van der Waals surface area (Å²) in [5, 5.41) is -1.98. The number of ether oxygens (including phenoxy) is 2. The number of carbonyl (C=O) groups excluding carboxylic acids is 2. The van der Waals surface area contributed by atoms with Crippen molar-refractivity contribution in [1.82, 2.24) is 0 Å². The Hall–Kier alpha value is -1.41. The van der Waals surface area contributed by atoms with E-state index in [2.05, 4.69) is 11.7 Å². The highest BCUT2D eigenvalue weighted by atomic mass is 32.2. The fourth-order valence-corrected chi connectivity index (χ4v) is 2.80. The van der Waals surface area contributed by atoms with Gasteiger partial charge in [0.2, 0.25) is 0 Å². The first kappa shape index (κ1) is 23.6. The SMILES string of the molecule is C/C=C/OC(=O)C(CC(=O)OCCCCCCCCCC)S(=O)(=O)O. The van der Waals surface area contributed by atoms with E-state index in [0.29, 0.717) is 6.42 Å². The summed E-state index contributed by atoms with van der Waals surface area (Å²) in [5.74, 6) is -2.08. The summed E-state index contributed by atoms with van der Waals surface area (Å²) in [6.45, 7) is 3.89. The highest BCUT2D eigenvalue weighted by molar-refractivity contribution is 7.87. The van der Waals surface area contributed by atoms with Crippen LogP contribution in [-0.4, -0.2) is 36.8 Å². The van der Waals surface area contributed by atoms with Crippen LogP contribution in [0.4, 0.5) is 0 Å². The van der Waals surface area contributed by atoms with E-state index < -0.39 is 33.7 Å². The van der Waals surface area contributed by atoms with Crippen molar-refractivity contribution < 1.29 is 32.0 Å². The lowest BCUT2D eigenvalue weighted by Gasteiger charge is -2.11. The molecule has 0 aliphatic rings. The Kier molecular flexibility index (Phi) is 13.1. The summed E-state index contributed by atoms with van der Waals surface area (Å²) in [6.07, 6.45) is 10.3. The van der Waals surface area contributed by atoms with Crippen LogP contribution in [0.15, 0.2) is 12.3 Å². The van der Waals surface area contributed by atoms with Crippen molar-refractivity contribution in [2.24, 2.45) is 0 Å². The van der Waals surface area contributed by atoms with Crippen LogP contribution in [0.2, 0.25) is 0 Å². The molecule has 0 saturated carbocycles. The zero-order valence-electron chi connectivity index (χ0n) is 15.1. The highest BCUT2D eigenvalue weighted by Crippen LogP contribution is 2.11. The third kappa shape index (κ3) is 12.6. The number of carbonyl (C=O) groups is 2. The van der Waals surface area contributed by atoms with E-state index in [0.717, 1.165) is 25.5 Å². The highest BCUT2D eigenvalue weighted by Gasteiger charge is 2.35. The van der Waals surface area contributed by atoms with Gasteiger partial charge in [-0.1, -0.05) is 57.9 Å². The van der Waals surface area contributed by atoms with Gasteiger partial charge in [-0.25, -0.2) is 0 Å². The monoisotopic (exact) mass is 378 g/mol. The third-order valence-corrected chi connectivity index (χ3v) is 4.63. The molecule has 8 heteroatoms. The van der Waals surface area contributed by atoms with Crippen molar-refractivity contribution in [2.75, 3.05) is 6.61 Å². The van der Waals surface area contributed by atoms with E-state index in [4.69, 9.17) is 9.29 Å². The van der Waals surface area contributed by atoms with Crippen molar-refractivity contribution in [3.63, 3.8) is 0 Å². The van der Waals surface area contributed by atoms with Crippen molar-refractivity contribution in [3.8, 4) is 0 Å². The second-order valence-electron chi connectivity index (χ2n) is 5.81. The van der Waals surface area contributed by atoms with E-state index in [1.54, 1.807) is 6.92 Å². The molecule has 1 N–H and O–H groups in total. The largest absolute Gasteiger partial charge is 0.466 e. The first-order valence-electron chi connectivity index (χ1n) is 8.76. The predicted molar refractivity (Wildman–Crippen MR) is 94.4 cm³/mol. The zero-order valence-corrected chi connectivity index (χ0v) is 15.9. The topological polar surface area (TPSA) is 107 Å². The van der Waals surface area contributed by atoms with Gasteiger partial charge in [-0.2, -0.15) is 8.42 Å². The average Bonchev–Trinajstić information content (AvgIpc) is 2.55. The summed E-state index contributed by atoms with van der Waals surface area (Å²) in [7, 11) is -4.75. The first-order chi connectivity index (χ1) is 11.8. The Bertz CT molecular complexity index is 511. The lowest BCUT2D eigenvalue weighted by atomic mass is 10.1. The molecule has 0 amide bonds. The van der Waals surface area contributed by atoms with Gasteiger partial charge < -0.3 is 9.47 Å². The minimum atomic E-state index is -4.75. The molecule has 0 fully saturated rings. The van der Waals surface area contributed by atoms with E-state index >= 15 is 0 Å².